The zero-order chi connectivity index (χ0) is 13.5. The van der Waals surface area contributed by atoms with Gasteiger partial charge in [0.1, 0.15) is 0 Å². The third kappa shape index (κ3) is 4.45. The highest BCUT2D eigenvalue weighted by atomic mass is 19.1. The lowest BCUT2D eigenvalue weighted by atomic mass is 10.1. The van der Waals surface area contributed by atoms with Gasteiger partial charge in [-0.15, -0.1) is 0 Å². The number of ether oxygens (including phenoxy) is 1. The predicted molar refractivity (Wildman–Crippen MR) is 69.4 cm³/mol. The van der Waals surface area contributed by atoms with Crippen LogP contribution in [0.2, 0.25) is 0 Å². The fourth-order valence-electron chi connectivity index (χ4n) is 1.54. The van der Waals surface area contributed by atoms with E-state index in [4.69, 9.17) is 4.74 Å². The van der Waals surface area contributed by atoms with Crippen molar-refractivity contribution in [3.05, 3.63) is 29.6 Å². The molecule has 0 aromatic heterocycles. The molecule has 0 saturated carbocycles. The monoisotopic (exact) mass is 253 g/mol. The topological polar surface area (TPSA) is 38.3 Å². The lowest BCUT2D eigenvalue weighted by Gasteiger charge is -2.10. The Morgan fingerprint density at radius 3 is 2.78 bits per heavy atom. The van der Waals surface area contributed by atoms with E-state index in [9.17, 15) is 9.18 Å². The number of hydrogen-bond donors (Lipinski definition) is 1. The molecule has 4 heteroatoms. The Kier molecular flexibility index (Phi) is 5.78. The fourth-order valence-corrected chi connectivity index (χ4v) is 1.54. The molecule has 0 radical (unpaired) electrons. The maximum atomic E-state index is 13.4. The molecule has 100 valence electrons. The number of Topliss-reactive ketones (excluding diaryl/α,β-unsaturated/α-hetero) is 1. The molecule has 0 fully saturated rings. The second-order valence-corrected chi connectivity index (χ2v) is 4.37. The van der Waals surface area contributed by atoms with Crippen LogP contribution in [0.25, 0.3) is 0 Å². The van der Waals surface area contributed by atoms with Crippen molar-refractivity contribution in [2.75, 3.05) is 13.7 Å². The van der Waals surface area contributed by atoms with E-state index in [-0.39, 0.29) is 18.0 Å². The normalized spacial score (nSPS) is 12.2. The van der Waals surface area contributed by atoms with Crippen LogP contribution in [-0.4, -0.2) is 25.5 Å². The van der Waals surface area contributed by atoms with Gasteiger partial charge in [-0.05, 0) is 31.0 Å². The van der Waals surface area contributed by atoms with Crippen LogP contribution in [0.3, 0.4) is 0 Å². The first-order chi connectivity index (χ1) is 8.56. The minimum absolute atomic E-state index is 0.0554. The highest BCUT2D eigenvalue weighted by molar-refractivity contribution is 5.82. The van der Waals surface area contributed by atoms with Gasteiger partial charge in [-0.25, -0.2) is 4.39 Å². The first-order valence-corrected chi connectivity index (χ1v) is 6.14. The summed E-state index contributed by atoms with van der Waals surface area (Å²) in [6.45, 7) is 4.41. The molecule has 0 spiro atoms. The zero-order valence-electron chi connectivity index (χ0n) is 11.1. The first kappa shape index (κ1) is 14.6. The van der Waals surface area contributed by atoms with Crippen molar-refractivity contribution in [2.45, 2.75) is 32.7 Å². The number of ketones is 1. The molecule has 0 amide bonds. The highest BCUT2D eigenvalue weighted by Crippen LogP contribution is 2.17. The lowest BCUT2D eigenvalue weighted by Crippen LogP contribution is -2.31. The Labute approximate surface area is 107 Å². The summed E-state index contributed by atoms with van der Waals surface area (Å²) < 4.78 is 18.2. The second-order valence-electron chi connectivity index (χ2n) is 4.37. The Bertz CT molecular complexity index is 407. The molecular formula is C14H20FNO2. The van der Waals surface area contributed by atoms with Crippen molar-refractivity contribution >= 4 is 5.78 Å². The van der Waals surface area contributed by atoms with Crippen LogP contribution < -0.4 is 10.1 Å². The van der Waals surface area contributed by atoms with Gasteiger partial charge >= 0.3 is 0 Å². The molecule has 0 saturated heterocycles. The molecule has 18 heavy (non-hydrogen) atoms. The molecule has 1 rings (SSSR count). The molecular weight excluding hydrogens is 233 g/mol. The number of rotatable bonds is 7. The minimum atomic E-state index is -0.433. The van der Waals surface area contributed by atoms with Crippen molar-refractivity contribution in [1.29, 1.82) is 0 Å². The van der Waals surface area contributed by atoms with Crippen molar-refractivity contribution in [3.8, 4) is 5.75 Å². The van der Waals surface area contributed by atoms with E-state index < -0.39 is 5.82 Å². The van der Waals surface area contributed by atoms with E-state index >= 15 is 0 Å². The van der Waals surface area contributed by atoms with Crippen LogP contribution in [0.5, 0.6) is 5.75 Å². The average molecular weight is 253 g/mol. The summed E-state index contributed by atoms with van der Waals surface area (Å²) in [5.41, 5.74) is 0.671. The van der Waals surface area contributed by atoms with E-state index in [1.807, 2.05) is 6.92 Å². The van der Waals surface area contributed by atoms with Gasteiger partial charge in [0.05, 0.1) is 13.7 Å². The van der Waals surface area contributed by atoms with Crippen molar-refractivity contribution < 1.29 is 13.9 Å². The van der Waals surface area contributed by atoms with E-state index in [2.05, 4.69) is 12.2 Å². The van der Waals surface area contributed by atoms with Gasteiger partial charge in [-0.3, -0.25) is 4.79 Å². The summed E-state index contributed by atoms with van der Waals surface area (Å²) in [5, 5.41) is 3.12. The van der Waals surface area contributed by atoms with Crippen LogP contribution in [0.15, 0.2) is 18.2 Å². The predicted octanol–water partition coefficient (Wildman–Crippen LogP) is 2.33. The summed E-state index contributed by atoms with van der Waals surface area (Å²) in [5.74, 6) is -0.179. The van der Waals surface area contributed by atoms with Crippen LogP contribution >= 0.6 is 0 Å². The van der Waals surface area contributed by atoms with E-state index in [0.29, 0.717) is 18.2 Å². The lowest BCUT2D eigenvalue weighted by molar-refractivity contribution is -0.117. The van der Waals surface area contributed by atoms with E-state index in [0.717, 1.165) is 6.42 Å². The number of carbonyl (C=O) groups is 1. The molecule has 0 aliphatic carbocycles. The van der Waals surface area contributed by atoms with Crippen LogP contribution in [-0.2, 0) is 11.2 Å². The van der Waals surface area contributed by atoms with Gasteiger partial charge < -0.3 is 10.1 Å². The first-order valence-electron chi connectivity index (χ1n) is 6.14. The molecule has 1 aromatic carbocycles. The Balaban J connectivity index is 2.52. The molecule has 1 atom stereocenters. The summed E-state index contributed by atoms with van der Waals surface area (Å²) in [6, 6.07) is 4.92. The molecule has 1 aromatic rings. The maximum Gasteiger partial charge on any atom is 0.165 e. The Morgan fingerprint density at radius 1 is 1.50 bits per heavy atom. The van der Waals surface area contributed by atoms with Crippen molar-refractivity contribution in [1.82, 2.24) is 5.32 Å². The molecule has 1 unspecified atom stereocenters. The highest BCUT2D eigenvalue weighted by Gasteiger charge is 2.08. The summed E-state index contributed by atoms with van der Waals surface area (Å²) in [4.78, 5) is 11.7. The summed E-state index contributed by atoms with van der Waals surface area (Å²) in [7, 11) is 1.42. The number of hydrogen-bond acceptors (Lipinski definition) is 3. The van der Waals surface area contributed by atoms with Gasteiger partial charge in [0.2, 0.25) is 0 Å². The largest absolute Gasteiger partial charge is 0.494 e. The Hall–Kier alpha value is -1.42. The van der Waals surface area contributed by atoms with Crippen molar-refractivity contribution in [3.63, 3.8) is 0 Å². The number of nitrogens with one attached hydrogen (secondary N) is 1. The average Bonchev–Trinajstić information content (AvgIpc) is 2.36. The summed E-state index contributed by atoms with van der Waals surface area (Å²) in [6.07, 6.45) is 1.22. The van der Waals surface area contributed by atoms with E-state index in [1.165, 1.54) is 13.2 Å². The molecule has 1 N–H and O–H groups in total. The van der Waals surface area contributed by atoms with Crippen molar-refractivity contribution in [2.24, 2.45) is 0 Å². The molecule has 0 aliphatic rings. The molecule has 0 aliphatic heterocycles. The second kappa shape index (κ2) is 7.11. The standard InChI is InChI=1S/C14H20FNO2/c1-4-10(2)16-9-12(17)7-11-5-6-14(18-3)13(15)8-11/h5-6,8,10,16H,4,7,9H2,1-3H3. The summed E-state index contributed by atoms with van der Waals surface area (Å²) >= 11 is 0. The zero-order valence-corrected chi connectivity index (χ0v) is 11.1. The van der Waals surface area contributed by atoms with Gasteiger partial charge in [-0.2, -0.15) is 0 Å². The van der Waals surface area contributed by atoms with Gasteiger partial charge in [0, 0.05) is 12.5 Å². The van der Waals surface area contributed by atoms with Crippen LogP contribution in [0, 0.1) is 5.82 Å². The number of benzene rings is 1. The maximum absolute atomic E-state index is 13.4. The molecule has 0 heterocycles. The molecule has 3 nitrogen and oxygen atoms in total. The number of carbonyl (C=O) groups excluding carboxylic acids is 1. The smallest absolute Gasteiger partial charge is 0.165 e. The third-order valence-electron chi connectivity index (χ3n) is 2.88. The Morgan fingerprint density at radius 2 is 2.22 bits per heavy atom. The van der Waals surface area contributed by atoms with E-state index in [1.54, 1.807) is 12.1 Å². The SMILES string of the molecule is CCC(C)NCC(=O)Cc1ccc(OC)c(F)c1. The van der Waals surface area contributed by atoms with Crippen LogP contribution in [0.4, 0.5) is 4.39 Å². The van der Waals surface area contributed by atoms with Gasteiger partial charge in [0.15, 0.2) is 17.3 Å². The quantitative estimate of drug-likeness (QED) is 0.810. The number of methoxy groups -OCH3 is 1. The fraction of sp³-hybridized carbons (Fsp3) is 0.500. The third-order valence-corrected chi connectivity index (χ3v) is 2.88. The minimum Gasteiger partial charge on any atom is -0.494 e. The number of halogens is 1. The van der Waals surface area contributed by atoms with Gasteiger partial charge in [0.25, 0.3) is 0 Å². The molecule has 0 bridgehead atoms. The van der Waals surface area contributed by atoms with Gasteiger partial charge in [-0.1, -0.05) is 13.0 Å². The van der Waals surface area contributed by atoms with Crippen LogP contribution in [0.1, 0.15) is 25.8 Å².